The van der Waals surface area contributed by atoms with E-state index in [2.05, 4.69) is 31.3 Å². The van der Waals surface area contributed by atoms with Crippen LogP contribution in [0, 0.1) is 0 Å². The molecule has 0 fully saturated rings. The quantitative estimate of drug-likeness (QED) is 0.722. The van der Waals surface area contributed by atoms with E-state index < -0.39 is 0 Å². The van der Waals surface area contributed by atoms with Gasteiger partial charge in [0.2, 0.25) is 0 Å². The smallest absolute Gasteiger partial charge is 0.161 e. The van der Waals surface area contributed by atoms with Crippen molar-refractivity contribution in [1.82, 2.24) is 5.32 Å². The van der Waals surface area contributed by atoms with E-state index in [1.54, 1.807) is 0 Å². The number of hydrogen-bond donors (Lipinski definition) is 1. The van der Waals surface area contributed by atoms with E-state index in [1.807, 2.05) is 0 Å². The minimum Gasteiger partial charge on any atom is -0.486 e. The molecular weight excluding hydrogens is 202 g/mol. The van der Waals surface area contributed by atoms with Gasteiger partial charge >= 0.3 is 0 Å². The average molecular weight is 219 g/mol. The third-order valence-electron chi connectivity index (χ3n) is 3.40. The Morgan fingerprint density at radius 2 is 1.81 bits per heavy atom. The van der Waals surface area contributed by atoms with Crippen molar-refractivity contribution in [2.45, 2.75) is 25.8 Å². The Hall–Kier alpha value is -1.22. The monoisotopic (exact) mass is 219 g/mol. The van der Waals surface area contributed by atoms with Gasteiger partial charge in [0.25, 0.3) is 0 Å². The number of ether oxygens (including phenoxy) is 2. The Balaban J connectivity index is 2.12. The minimum atomic E-state index is 0.0312. The summed E-state index contributed by atoms with van der Waals surface area (Å²) in [4.78, 5) is 0. The van der Waals surface area contributed by atoms with Gasteiger partial charge in [0.05, 0.1) is 0 Å². The van der Waals surface area contributed by atoms with Crippen LogP contribution in [-0.2, 0) is 12.0 Å². The highest BCUT2D eigenvalue weighted by molar-refractivity contribution is 5.51. The number of nitrogens with one attached hydrogen (secondary N) is 1. The molecule has 0 unspecified atom stereocenters. The van der Waals surface area contributed by atoms with Crippen LogP contribution < -0.4 is 14.8 Å². The lowest BCUT2D eigenvalue weighted by Crippen LogP contribution is -2.42. The fraction of sp³-hybridized carbons (Fsp3) is 0.538. The molecule has 2 aliphatic rings. The zero-order valence-corrected chi connectivity index (χ0v) is 9.80. The summed E-state index contributed by atoms with van der Waals surface area (Å²) in [5, 5.41) is 3.52. The standard InChI is InChI=1S/C13H17NO2/c1-13(2)10-8-12-11(15-5-6-16-12)7-9(10)3-4-14-13/h7-8,14H,3-6H2,1-2H3. The second-order valence-electron chi connectivity index (χ2n) is 4.95. The van der Waals surface area contributed by atoms with E-state index in [0.717, 1.165) is 24.5 Å². The molecule has 1 aromatic rings. The van der Waals surface area contributed by atoms with E-state index >= 15 is 0 Å². The molecule has 0 spiro atoms. The Bertz CT molecular complexity index is 426. The average Bonchev–Trinajstić information content (AvgIpc) is 2.27. The molecule has 0 bridgehead atoms. The normalized spacial score (nSPS) is 21.4. The topological polar surface area (TPSA) is 30.5 Å². The fourth-order valence-corrected chi connectivity index (χ4v) is 2.52. The molecule has 3 rings (SSSR count). The molecule has 0 amide bonds. The Morgan fingerprint density at radius 3 is 2.56 bits per heavy atom. The van der Waals surface area contributed by atoms with Crippen molar-refractivity contribution in [3.8, 4) is 11.5 Å². The van der Waals surface area contributed by atoms with Crippen LogP contribution in [0.1, 0.15) is 25.0 Å². The second kappa shape index (κ2) is 3.39. The largest absolute Gasteiger partial charge is 0.486 e. The van der Waals surface area contributed by atoms with Crippen LogP contribution >= 0.6 is 0 Å². The SMILES string of the molecule is CC1(C)NCCc2cc3c(cc21)OCCO3. The van der Waals surface area contributed by atoms with Crippen molar-refractivity contribution in [1.29, 1.82) is 0 Å². The Labute approximate surface area is 95.8 Å². The molecular formula is C13H17NO2. The van der Waals surface area contributed by atoms with Crippen LogP contribution in [0.3, 0.4) is 0 Å². The van der Waals surface area contributed by atoms with E-state index in [0.29, 0.717) is 13.2 Å². The summed E-state index contributed by atoms with van der Waals surface area (Å²) < 4.78 is 11.2. The van der Waals surface area contributed by atoms with Crippen LogP contribution in [0.4, 0.5) is 0 Å². The van der Waals surface area contributed by atoms with Gasteiger partial charge in [-0.05, 0) is 50.1 Å². The summed E-state index contributed by atoms with van der Waals surface area (Å²) >= 11 is 0. The molecule has 1 aromatic carbocycles. The third-order valence-corrected chi connectivity index (χ3v) is 3.40. The maximum Gasteiger partial charge on any atom is 0.161 e. The van der Waals surface area contributed by atoms with E-state index in [9.17, 15) is 0 Å². The first-order valence-corrected chi connectivity index (χ1v) is 5.85. The summed E-state index contributed by atoms with van der Waals surface area (Å²) in [6.45, 7) is 6.76. The van der Waals surface area contributed by atoms with E-state index in [1.165, 1.54) is 11.1 Å². The highest BCUT2D eigenvalue weighted by atomic mass is 16.6. The number of rotatable bonds is 0. The van der Waals surface area contributed by atoms with Gasteiger partial charge in [-0.3, -0.25) is 0 Å². The lowest BCUT2D eigenvalue weighted by Gasteiger charge is -2.35. The van der Waals surface area contributed by atoms with Crippen LogP contribution in [0.15, 0.2) is 12.1 Å². The van der Waals surface area contributed by atoms with Crippen molar-refractivity contribution in [2.24, 2.45) is 0 Å². The van der Waals surface area contributed by atoms with Gasteiger partial charge < -0.3 is 14.8 Å². The Morgan fingerprint density at radius 1 is 1.12 bits per heavy atom. The van der Waals surface area contributed by atoms with Gasteiger partial charge in [-0.2, -0.15) is 0 Å². The first kappa shape index (κ1) is 9.97. The zero-order valence-electron chi connectivity index (χ0n) is 9.80. The molecule has 0 saturated heterocycles. The van der Waals surface area contributed by atoms with Crippen molar-refractivity contribution in [2.75, 3.05) is 19.8 Å². The molecule has 2 aliphatic heterocycles. The molecule has 16 heavy (non-hydrogen) atoms. The molecule has 0 aromatic heterocycles. The molecule has 0 aliphatic carbocycles. The molecule has 0 saturated carbocycles. The number of hydrogen-bond acceptors (Lipinski definition) is 3. The predicted molar refractivity (Wildman–Crippen MR) is 62.2 cm³/mol. The molecule has 0 atom stereocenters. The molecule has 0 radical (unpaired) electrons. The summed E-state index contributed by atoms with van der Waals surface area (Å²) in [5.74, 6) is 1.80. The number of benzene rings is 1. The maximum absolute atomic E-state index is 5.63. The lowest BCUT2D eigenvalue weighted by atomic mass is 9.85. The van der Waals surface area contributed by atoms with Crippen molar-refractivity contribution in [3.05, 3.63) is 23.3 Å². The zero-order chi connectivity index (χ0) is 11.2. The van der Waals surface area contributed by atoms with Crippen LogP contribution in [0.2, 0.25) is 0 Å². The molecule has 86 valence electrons. The summed E-state index contributed by atoms with van der Waals surface area (Å²) in [6.07, 6.45) is 1.06. The van der Waals surface area contributed by atoms with Gasteiger partial charge in [0.15, 0.2) is 11.5 Å². The highest BCUT2D eigenvalue weighted by Crippen LogP contribution is 2.38. The molecule has 3 heteroatoms. The summed E-state index contributed by atoms with van der Waals surface area (Å²) in [7, 11) is 0. The van der Waals surface area contributed by atoms with Gasteiger partial charge in [-0.25, -0.2) is 0 Å². The first-order valence-electron chi connectivity index (χ1n) is 5.85. The van der Waals surface area contributed by atoms with Gasteiger partial charge in [0, 0.05) is 5.54 Å². The van der Waals surface area contributed by atoms with Crippen LogP contribution in [0.5, 0.6) is 11.5 Å². The first-order chi connectivity index (χ1) is 7.67. The Kier molecular flexibility index (Phi) is 2.11. The highest BCUT2D eigenvalue weighted by Gasteiger charge is 2.29. The molecule has 1 N–H and O–H groups in total. The second-order valence-corrected chi connectivity index (χ2v) is 4.95. The van der Waals surface area contributed by atoms with E-state index in [4.69, 9.17) is 9.47 Å². The van der Waals surface area contributed by atoms with Crippen LogP contribution in [-0.4, -0.2) is 19.8 Å². The summed E-state index contributed by atoms with van der Waals surface area (Å²) in [5.41, 5.74) is 2.75. The molecule has 3 nitrogen and oxygen atoms in total. The van der Waals surface area contributed by atoms with Gasteiger partial charge in [-0.1, -0.05) is 0 Å². The number of fused-ring (bicyclic) bond motifs is 2. The minimum absolute atomic E-state index is 0.0312. The predicted octanol–water partition coefficient (Wildman–Crippen LogP) is 1.84. The van der Waals surface area contributed by atoms with Crippen LogP contribution in [0.25, 0.3) is 0 Å². The summed E-state index contributed by atoms with van der Waals surface area (Å²) in [6, 6.07) is 4.28. The lowest BCUT2D eigenvalue weighted by molar-refractivity contribution is 0.170. The third kappa shape index (κ3) is 1.47. The fourth-order valence-electron chi connectivity index (χ4n) is 2.52. The molecule has 2 heterocycles. The van der Waals surface area contributed by atoms with Crippen molar-refractivity contribution < 1.29 is 9.47 Å². The van der Waals surface area contributed by atoms with Gasteiger partial charge in [0.1, 0.15) is 13.2 Å². The maximum atomic E-state index is 5.63. The van der Waals surface area contributed by atoms with Crippen molar-refractivity contribution >= 4 is 0 Å². The van der Waals surface area contributed by atoms with E-state index in [-0.39, 0.29) is 5.54 Å². The van der Waals surface area contributed by atoms with Crippen molar-refractivity contribution in [3.63, 3.8) is 0 Å². The van der Waals surface area contributed by atoms with Gasteiger partial charge in [-0.15, -0.1) is 0 Å².